The van der Waals surface area contributed by atoms with Gasteiger partial charge in [0.1, 0.15) is 5.78 Å². The predicted octanol–water partition coefficient (Wildman–Crippen LogP) is 1.49. The lowest BCUT2D eigenvalue weighted by Gasteiger charge is -2.06. The van der Waals surface area contributed by atoms with Gasteiger partial charge in [0.2, 0.25) is 0 Å². The molecule has 0 heterocycles. The molecule has 68 valence electrons. The Bertz CT molecular complexity index is 305. The van der Waals surface area contributed by atoms with E-state index >= 15 is 0 Å². The lowest BCUT2D eigenvalue weighted by Crippen LogP contribution is -2.03. The minimum Gasteiger partial charge on any atom is -0.393 e. The molecule has 2 rings (SSSR count). The van der Waals surface area contributed by atoms with Crippen LogP contribution in [0, 0.1) is 0 Å². The van der Waals surface area contributed by atoms with Crippen LogP contribution in [-0.2, 0) is 4.79 Å². The van der Waals surface area contributed by atoms with Crippen molar-refractivity contribution in [3.63, 3.8) is 0 Å². The standard InChI is InChI=1S/C11H12O2/c12-9-6-10(11(13)7-9)8-4-2-1-3-5-8/h1-5,9-10,12H,6-7H2. The molecule has 0 aromatic heterocycles. The molecular weight excluding hydrogens is 164 g/mol. The zero-order valence-electron chi connectivity index (χ0n) is 7.31. The molecule has 2 unspecified atom stereocenters. The average molecular weight is 176 g/mol. The number of benzene rings is 1. The Labute approximate surface area is 77.2 Å². The van der Waals surface area contributed by atoms with Gasteiger partial charge in [0.05, 0.1) is 6.10 Å². The lowest BCUT2D eigenvalue weighted by atomic mass is 9.97. The van der Waals surface area contributed by atoms with Gasteiger partial charge in [-0.05, 0) is 12.0 Å². The Morgan fingerprint density at radius 1 is 1.23 bits per heavy atom. The summed E-state index contributed by atoms with van der Waals surface area (Å²) in [5.74, 6) is 0.0925. The number of carbonyl (C=O) groups excluding carboxylic acids is 1. The number of aliphatic hydroxyl groups excluding tert-OH is 1. The first-order valence-electron chi connectivity index (χ1n) is 4.53. The number of aliphatic hydroxyl groups is 1. The van der Waals surface area contributed by atoms with Gasteiger partial charge in [-0.1, -0.05) is 30.3 Å². The molecule has 0 spiro atoms. The zero-order chi connectivity index (χ0) is 9.26. The third-order valence-corrected chi connectivity index (χ3v) is 2.54. The highest BCUT2D eigenvalue weighted by molar-refractivity contribution is 5.88. The first kappa shape index (κ1) is 8.45. The fraction of sp³-hybridized carbons (Fsp3) is 0.364. The molecule has 2 heteroatoms. The van der Waals surface area contributed by atoms with Gasteiger partial charge in [0.15, 0.2) is 0 Å². The van der Waals surface area contributed by atoms with E-state index < -0.39 is 6.10 Å². The van der Waals surface area contributed by atoms with Gasteiger partial charge in [-0.25, -0.2) is 0 Å². The van der Waals surface area contributed by atoms with Gasteiger partial charge in [-0.2, -0.15) is 0 Å². The van der Waals surface area contributed by atoms with E-state index in [1.807, 2.05) is 30.3 Å². The maximum absolute atomic E-state index is 11.4. The van der Waals surface area contributed by atoms with Gasteiger partial charge >= 0.3 is 0 Å². The molecule has 2 atom stereocenters. The van der Waals surface area contributed by atoms with Crippen molar-refractivity contribution in [1.82, 2.24) is 0 Å². The van der Waals surface area contributed by atoms with Crippen LogP contribution in [0.3, 0.4) is 0 Å². The summed E-state index contributed by atoms with van der Waals surface area (Å²) >= 11 is 0. The van der Waals surface area contributed by atoms with Crippen LogP contribution in [0.15, 0.2) is 30.3 Å². The van der Waals surface area contributed by atoms with Gasteiger partial charge in [0, 0.05) is 12.3 Å². The summed E-state index contributed by atoms with van der Waals surface area (Å²) in [7, 11) is 0. The Balaban J connectivity index is 2.23. The molecule has 1 aliphatic carbocycles. The monoisotopic (exact) mass is 176 g/mol. The van der Waals surface area contributed by atoms with E-state index in [-0.39, 0.29) is 11.7 Å². The van der Waals surface area contributed by atoms with Crippen LogP contribution in [0.4, 0.5) is 0 Å². The molecule has 0 bridgehead atoms. The lowest BCUT2D eigenvalue weighted by molar-refractivity contribution is -0.119. The van der Waals surface area contributed by atoms with Gasteiger partial charge in [0.25, 0.3) is 0 Å². The van der Waals surface area contributed by atoms with E-state index in [1.165, 1.54) is 0 Å². The van der Waals surface area contributed by atoms with Crippen LogP contribution in [0.5, 0.6) is 0 Å². The normalized spacial score (nSPS) is 27.9. The van der Waals surface area contributed by atoms with E-state index in [0.717, 1.165) is 5.56 Å². The van der Waals surface area contributed by atoms with Gasteiger partial charge in [-0.15, -0.1) is 0 Å². The summed E-state index contributed by atoms with van der Waals surface area (Å²) in [6.07, 6.45) is 0.472. The summed E-state index contributed by atoms with van der Waals surface area (Å²) in [6, 6.07) is 9.67. The van der Waals surface area contributed by atoms with Crippen LogP contribution in [0.1, 0.15) is 24.3 Å². The second kappa shape index (κ2) is 3.30. The largest absolute Gasteiger partial charge is 0.393 e. The van der Waals surface area contributed by atoms with E-state index in [1.54, 1.807) is 0 Å². The second-order valence-electron chi connectivity index (χ2n) is 3.52. The van der Waals surface area contributed by atoms with E-state index in [9.17, 15) is 9.90 Å². The number of hydrogen-bond donors (Lipinski definition) is 1. The van der Waals surface area contributed by atoms with Crippen molar-refractivity contribution in [1.29, 1.82) is 0 Å². The van der Waals surface area contributed by atoms with E-state index in [0.29, 0.717) is 12.8 Å². The van der Waals surface area contributed by atoms with Crippen molar-refractivity contribution in [3.8, 4) is 0 Å². The summed E-state index contributed by atoms with van der Waals surface area (Å²) in [5, 5.41) is 9.31. The molecule has 1 saturated carbocycles. The molecule has 0 saturated heterocycles. The van der Waals surface area contributed by atoms with Crippen LogP contribution >= 0.6 is 0 Å². The van der Waals surface area contributed by atoms with Crippen molar-refractivity contribution in [3.05, 3.63) is 35.9 Å². The van der Waals surface area contributed by atoms with Crippen LogP contribution < -0.4 is 0 Å². The number of hydrogen-bond acceptors (Lipinski definition) is 2. The van der Waals surface area contributed by atoms with Crippen LogP contribution in [0.2, 0.25) is 0 Å². The van der Waals surface area contributed by atoms with Crippen LogP contribution in [0.25, 0.3) is 0 Å². The molecule has 1 aromatic carbocycles. The molecule has 0 amide bonds. The number of Topliss-reactive ketones (excluding diaryl/α,β-unsaturated/α-hetero) is 1. The van der Waals surface area contributed by atoms with Crippen molar-refractivity contribution in [2.45, 2.75) is 24.9 Å². The second-order valence-corrected chi connectivity index (χ2v) is 3.52. The first-order chi connectivity index (χ1) is 6.27. The minimum atomic E-state index is -0.433. The van der Waals surface area contributed by atoms with E-state index in [4.69, 9.17) is 0 Å². The molecular formula is C11H12O2. The quantitative estimate of drug-likeness (QED) is 0.704. The fourth-order valence-electron chi connectivity index (χ4n) is 1.87. The molecule has 0 radical (unpaired) electrons. The van der Waals surface area contributed by atoms with Gasteiger partial charge in [-0.3, -0.25) is 4.79 Å². The summed E-state index contributed by atoms with van der Waals surface area (Å²) in [6.45, 7) is 0. The maximum atomic E-state index is 11.4. The van der Waals surface area contributed by atoms with Crippen LogP contribution in [-0.4, -0.2) is 17.0 Å². The van der Waals surface area contributed by atoms with Crippen molar-refractivity contribution >= 4 is 5.78 Å². The summed E-state index contributed by atoms with van der Waals surface area (Å²) in [4.78, 5) is 11.4. The van der Waals surface area contributed by atoms with Crippen molar-refractivity contribution in [2.75, 3.05) is 0 Å². The minimum absolute atomic E-state index is 0.0730. The average Bonchev–Trinajstić information content (AvgIpc) is 2.47. The SMILES string of the molecule is O=C1CC(O)CC1c1ccccc1. The zero-order valence-corrected chi connectivity index (χ0v) is 7.31. The fourth-order valence-corrected chi connectivity index (χ4v) is 1.87. The first-order valence-corrected chi connectivity index (χ1v) is 4.53. The predicted molar refractivity (Wildman–Crippen MR) is 49.4 cm³/mol. The van der Waals surface area contributed by atoms with E-state index in [2.05, 4.69) is 0 Å². The molecule has 13 heavy (non-hydrogen) atoms. The maximum Gasteiger partial charge on any atom is 0.143 e. The summed E-state index contributed by atoms with van der Waals surface area (Å²) in [5.41, 5.74) is 1.03. The van der Waals surface area contributed by atoms with Crippen molar-refractivity contribution < 1.29 is 9.90 Å². The Morgan fingerprint density at radius 3 is 2.46 bits per heavy atom. The molecule has 1 aromatic rings. The highest BCUT2D eigenvalue weighted by Crippen LogP contribution is 2.30. The molecule has 2 nitrogen and oxygen atoms in total. The highest BCUT2D eigenvalue weighted by Gasteiger charge is 2.31. The Kier molecular flexibility index (Phi) is 2.15. The molecule has 0 aliphatic heterocycles. The molecule has 1 fully saturated rings. The number of rotatable bonds is 1. The number of carbonyl (C=O) groups is 1. The Morgan fingerprint density at radius 2 is 1.92 bits per heavy atom. The molecule has 1 aliphatic rings. The smallest absolute Gasteiger partial charge is 0.143 e. The third-order valence-electron chi connectivity index (χ3n) is 2.54. The van der Waals surface area contributed by atoms with Crippen molar-refractivity contribution in [2.24, 2.45) is 0 Å². The number of ketones is 1. The summed E-state index contributed by atoms with van der Waals surface area (Å²) < 4.78 is 0. The Hall–Kier alpha value is -1.15. The van der Waals surface area contributed by atoms with Gasteiger partial charge < -0.3 is 5.11 Å². The highest BCUT2D eigenvalue weighted by atomic mass is 16.3. The topological polar surface area (TPSA) is 37.3 Å². The third kappa shape index (κ3) is 1.63. The molecule has 1 N–H and O–H groups in total.